The van der Waals surface area contributed by atoms with Crippen molar-refractivity contribution in [1.29, 1.82) is 0 Å². The first-order chi connectivity index (χ1) is 14.9. The van der Waals surface area contributed by atoms with Crippen LogP contribution in [-0.2, 0) is 27.1 Å². The van der Waals surface area contributed by atoms with Crippen molar-refractivity contribution in [2.75, 3.05) is 26.2 Å². The average Bonchev–Trinajstić information content (AvgIpc) is 3.15. The summed E-state index contributed by atoms with van der Waals surface area (Å²) in [5, 5.41) is 7.62. The van der Waals surface area contributed by atoms with Gasteiger partial charge in [0, 0.05) is 26.2 Å². The molecule has 0 N–H and O–H groups in total. The van der Waals surface area contributed by atoms with Crippen molar-refractivity contribution in [1.82, 2.24) is 29.0 Å². The molecule has 2 aromatic carbocycles. The summed E-state index contributed by atoms with van der Waals surface area (Å²) < 4.78 is 28.9. The summed E-state index contributed by atoms with van der Waals surface area (Å²) in [7, 11) is -3.46. The number of amides is 1. The van der Waals surface area contributed by atoms with Crippen molar-refractivity contribution in [3.05, 3.63) is 76.7 Å². The van der Waals surface area contributed by atoms with Crippen LogP contribution in [0.5, 0.6) is 0 Å². The number of hydrogen-bond donors (Lipinski definition) is 0. The highest BCUT2D eigenvalue weighted by Gasteiger charge is 2.29. The largest absolute Gasteiger partial charge is 0.368 e. The Morgan fingerprint density at radius 3 is 2.13 bits per heavy atom. The average molecular weight is 443 g/mol. The Balaban J connectivity index is 1.36. The van der Waals surface area contributed by atoms with Crippen LogP contribution in [0.1, 0.15) is 5.56 Å². The van der Waals surface area contributed by atoms with Gasteiger partial charge in [-0.3, -0.25) is 4.79 Å². The molecule has 1 aliphatic heterocycles. The van der Waals surface area contributed by atoms with Crippen molar-refractivity contribution in [3.63, 3.8) is 0 Å². The molecule has 0 aliphatic carbocycles. The second-order valence-corrected chi connectivity index (χ2v) is 9.16. The maximum atomic E-state index is 12.7. The van der Waals surface area contributed by atoms with Crippen molar-refractivity contribution < 1.29 is 13.2 Å². The number of nitrogens with zero attached hydrogens (tertiary/aromatic N) is 6. The quantitative estimate of drug-likeness (QED) is 0.536. The van der Waals surface area contributed by atoms with Gasteiger partial charge in [-0.05, 0) is 28.1 Å². The van der Waals surface area contributed by atoms with Gasteiger partial charge < -0.3 is 4.90 Å². The fraction of sp³-hybridized carbons (Fsp3) is 0.300. The molecule has 162 valence electrons. The van der Waals surface area contributed by atoms with Gasteiger partial charge in [0.05, 0.1) is 11.4 Å². The zero-order valence-electron chi connectivity index (χ0n) is 16.7. The molecule has 0 atom stereocenters. The molecular weight excluding hydrogens is 420 g/mol. The molecule has 3 aromatic rings. The molecular formula is C20H22N6O4S. The van der Waals surface area contributed by atoms with E-state index in [1.165, 1.54) is 4.31 Å². The molecule has 0 saturated carbocycles. The summed E-state index contributed by atoms with van der Waals surface area (Å²) in [6, 6.07) is 17.8. The van der Waals surface area contributed by atoms with E-state index in [0.29, 0.717) is 5.69 Å². The van der Waals surface area contributed by atoms with Crippen LogP contribution in [-0.4, -0.2) is 69.5 Å². The van der Waals surface area contributed by atoms with Gasteiger partial charge in [0.1, 0.15) is 6.54 Å². The van der Waals surface area contributed by atoms with Crippen molar-refractivity contribution in [2.45, 2.75) is 12.3 Å². The maximum Gasteiger partial charge on any atom is 0.368 e. The molecule has 0 spiro atoms. The second-order valence-electron chi connectivity index (χ2n) is 7.19. The van der Waals surface area contributed by atoms with Crippen LogP contribution >= 0.6 is 0 Å². The number of benzene rings is 2. The number of para-hydroxylation sites is 1. The second kappa shape index (κ2) is 8.82. The Morgan fingerprint density at radius 1 is 0.871 bits per heavy atom. The first-order valence-electron chi connectivity index (χ1n) is 9.82. The number of rotatable bonds is 6. The lowest BCUT2D eigenvalue weighted by atomic mass is 10.2. The summed E-state index contributed by atoms with van der Waals surface area (Å²) in [4.78, 5) is 26.7. The number of tetrazole rings is 1. The van der Waals surface area contributed by atoms with Crippen molar-refractivity contribution >= 4 is 15.9 Å². The maximum absolute atomic E-state index is 12.7. The monoisotopic (exact) mass is 442 g/mol. The molecule has 0 bridgehead atoms. The van der Waals surface area contributed by atoms with E-state index >= 15 is 0 Å². The lowest BCUT2D eigenvalue weighted by Gasteiger charge is -2.34. The number of piperazine rings is 1. The van der Waals surface area contributed by atoms with Crippen molar-refractivity contribution in [3.8, 4) is 5.69 Å². The topological polar surface area (TPSA) is 110 Å². The fourth-order valence-electron chi connectivity index (χ4n) is 3.42. The zero-order valence-corrected chi connectivity index (χ0v) is 17.6. The third kappa shape index (κ3) is 4.72. The van der Waals surface area contributed by atoms with Gasteiger partial charge in [-0.15, -0.1) is 0 Å². The molecule has 4 rings (SSSR count). The molecule has 1 aliphatic rings. The fourth-order valence-corrected chi connectivity index (χ4v) is 4.94. The van der Waals surface area contributed by atoms with E-state index in [1.807, 2.05) is 12.1 Å². The summed E-state index contributed by atoms with van der Waals surface area (Å²) in [5.41, 5.74) is 0.772. The number of carbonyl (C=O) groups is 1. The van der Waals surface area contributed by atoms with Crippen LogP contribution in [0.15, 0.2) is 65.5 Å². The molecule has 2 heterocycles. The molecule has 0 unspecified atom stereocenters. The lowest BCUT2D eigenvalue weighted by molar-refractivity contribution is -0.133. The van der Waals surface area contributed by atoms with Crippen molar-refractivity contribution in [2.24, 2.45) is 0 Å². The van der Waals surface area contributed by atoms with E-state index in [4.69, 9.17) is 0 Å². The number of hydrogen-bond acceptors (Lipinski definition) is 6. The molecule has 0 radical (unpaired) electrons. The first-order valence-corrected chi connectivity index (χ1v) is 11.4. The molecule has 1 saturated heterocycles. The van der Waals surface area contributed by atoms with Gasteiger partial charge in [0.15, 0.2) is 0 Å². The standard InChI is InChI=1S/C20H22N6O4S/c27-19(15-25-20(28)26(22-21-25)18-9-5-2-6-10-18)23-11-13-24(14-12-23)31(29,30)16-17-7-3-1-4-8-17/h1-10H,11-16H2. The summed E-state index contributed by atoms with van der Waals surface area (Å²) in [6.45, 7) is 0.699. The predicted molar refractivity (Wildman–Crippen MR) is 113 cm³/mol. The van der Waals surface area contributed by atoms with Gasteiger partial charge in [0.2, 0.25) is 15.9 Å². The summed E-state index contributed by atoms with van der Waals surface area (Å²) in [6.07, 6.45) is 0. The van der Waals surface area contributed by atoms with E-state index in [2.05, 4.69) is 10.4 Å². The highest BCUT2D eigenvalue weighted by Crippen LogP contribution is 2.14. The van der Waals surface area contributed by atoms with Gasteiger partial charge in [0.25, 0.3) is 0 Å². The van der Waals surface area contributed by atoms with Gasteiger partial charge in [-0.1, -0.05) is 48.5 Å². The Hall–Kier alpha value is -3.31. The van der Waals surface area contributed by atoms with E-state index in [1.54, 1.807) is 53.4 Å². The molecule has 31 heavy (non-hydrogen) atoms. The molecule has 11 heteroatoms. The third-order valence-corrected chi connectivity index (χ3v) is 6.95. The van der Waals surface area contributed by atoms with Gasteiger partial charge in [-0.25, -0.2) is 13.2 Å². The molecule has 1 amide bonds. The lowest BCUT2D eigenvalue weighted by Crippen LogP contribution is -2.51. The molecule has 1 fully saturated rings. The van der Waals surface area contributed by atoms with E-state index in [0.717, 1.165) is 14.9 Å². The highest BCUT2D eigenvalue weighted by molar-refractivity contribution is 7.88. The van der Waals surface area contributed by atoms with Crippen LogP contribution in [0.3, 0.4) is 0 Å². The SMILES string of the molecule is O=C(Cn1nnn(-c2ccccc2)c1=O)N1CCN(S(=O)(=O)Cc2ccccc2)CC1. The Bertz CT molecular complexity index is 1200. The summed E-state index contributed by atoms with van der Waals surface area (Å²) >= 11 is 0. The molecule has 1 aromatic heterocycles. The van der Waals surface area contributed by atoms with Crippen LogP contribution in [0, 0.1) is 0 Å². The highest BCUT2D eigenvalue weighted by atomic mass is 32.2. The van der Waals surface area contributed by atoms with Crippen LogP contribution < -0.4 is 5.69 Å². The Morgan fingerprint density at radius 2 is 1.48 bits per heavy atom. The Labute approximate surface area is 179 Å². The minimum absolute atomic E-state index is 0.0697. The van der Waals surface area contributed by atoms with Crippen LogP contribution in [0.4, 0.5) is 0 Å². The predicted octanol–water partition coefficient (Wildman–Crippen LogP) is 0.103. The van der Waals surface area contributed by atoms with Gasteiger partial charge >= 0.3 is 5.69 Å². The third-order valence-electron chi connectivity index (χ3n) is 5.10. The number of carbonyl (C=O) groups excluding carboxylic acids is 1. The number of aromatic nitrogens is 4. The van der Waals surface area contributed by atoms with Crippen LogP contribution in [0.25, 0.3) is 5.69 Å². The zero-order chi connectivity index (χ0) is 21.8. The van der Waals surface area contributed by atoms with Gasteiger partial charge in [-0.2, -0.15) is 13.7 Å². The van der Waals surface area contributed by atoms with Crippen LogP contribution in [0.2, 0.25) is 0 Å². The minimum Gasteiger partial charge on any atom is -0.338 e. The van der Waals surface area contributed by atoms with E-state index in [-0.39, 0.29) is 44.4 Å². The van der Waals surface area contributed by atoms with E-state index < -0.39 is 15.7 Å². The van der Waals surface area contributed by atoms with E-state index in [9.17, 15) is 18.0 Å². The molecule has 10 nitrogen and oxygen atoms in total. The minimum atomic E-state index is -3.46. The smallest absolute Gasteiger partial charge is 0.338 e. The first kappa shape index (κ1) is 20.9. The Kier molecular flexibility index (Phi) is 5.96. The number of sulfonamides is 1. The summed E-state index contributed by atoms with van der Waals surface area (Å²) in [5.74, 6) is -0.373. The normalized spacial score (nSPS) is 15.2.